The zero-order valence-corrected chi connectivity index (χ0v) is 15.0. The number of amides is 1. The average Bonchev–Trinajstić information content (AvgIpc) is 2.69. The lowest BCUT2D eigenvalue weighted by molar-refractivity contribution is -0.274. The maximum atomic E-state index is 12.3. The number of ether oxygens (including phenoxy) is 2. The van der Waals surface area contributed by atoms with E-state index in [1.807, 2.05) is 0 Å². The van der Waals surface area contributed by atoms with Crippen LogP contribution in [0.25, 0.3) is 10.9 Å². The summed E-state index contributed by atoms with van der Waals surface area (Å²) in [6, 6.07) is 10.9. The smallest absolute Gasteiger partial charge is 0.454 e. The molecule has 156 valence electrons. The predicted octanol–water partition coefficient (Wildman–Crippen LogP) is 1.87. The van der Waals surface area contributed by atoms with E-state index in [9.17, 15) is 27.6 Å². The molecule has 12 heteroatoms. The summed E-state index contributed by atoms with van der Waals surface area (Å²) in [5.41, 5.74) is 0.00324. The number of nitrogens with one attached hydrogen (secondary N) is 1. The molecule has 0 atom stereocenters. The molecule has 0 saturated heterocycles. The average molecular weight is 422 g/mol. The highest BCUT2D eigenvalue weighted by atomic mass is 19.4. The van der Waals surface area contributed by atoms with Gasteiger partial charge in [-0.1, -0.05) is 17.3 Å². The number of hydrogen-bond acceptors (Lipinski definition) is 7. The molecule has 0 fully saturated rings. The van der Waals surface area contributed by atoms with Gasteiger partial charge in [0, 0.05) is 5.69 Å². The van der Waals surface area contributed by atoms with Gasteiger partial charge in [-0.25, -0.2) is 0 Å². The number of benzene rings is 2. The van der Waals surface area contributed by atoms with Crippen molar-refractivity contribution >= 4 is 28.5 Å². The summed E-state index contributed by atoms with van der Waals surface area (Å²) in [5.74, 6) is -2.08. The summed E-state index contributed by atoms with van der Waals surface area (Å²) in [5, 5.41) is 10.1. The molecule has 2 aromatic carbocycles. The number of anilines is 1. The lowest BCUT2D eigenvalue weighted by Crippen LogP contribution is -2.30. The zero-order valence-electron chi connectivity index (χ0n) is 15.0. The summed E-state index contributed by atoms with van der Waals surface area (Å²) in [6.45, 7) is -1.22. The molecular weight excluding hydrogens is 409 g/mol. The van der Waals surface area contributed by atoms with Gasteiger partial charge in [-0.15, -0.1) is 18.3 Å². The Morgan fingerprint density at radius 3 is 2.47 bits per heavy atom. The van der Waals surface area contributed by atoms with E-state index in [0.29, 0.717) is 5.52 Å². The van der Waals surface area contributed by atoms with Crippen LogP contribution >= 0.6 is 0 Å². The Labute approximate surface area is 166 Å². The molecule has 0 aliphatic rings. The van der Waals surface area contributed by atoms with Crippen molar-refractivity contribution in [1.82, 2.24) is 15.0 Å². The summed E-state index contributed by atoms with van der Waals surface area (Å²) in [7, 11) is 0. The van der Waals surface area contributed by atoms with Crippen molar-refractivity contribution in [2.24, 2.45) is 0 Å². The van der Waals surface area contributed by atoms with Crippen LogP contribution in [0.4, 0.5) is 18.9 Å². The Bertz CT molecular complexity index is 1130. The van der Waals surface area contributed by atoms with Gasteiger partial charge >= 0.3 is 12.3 Å². The number of alkyl halides is 3. The Balaban J connectivity index is 1.52. The quantitative estimate of drug-likeness (QED) is 0.604. The summed E-state index contributed by atoms with van der Waals surface area (Å²) in [6.07, 6.45) is -4.82. The molecule has 0 aliphatic heterocycles. The van der Waals surface area contributed by atoms with Gasteiger partial charge in [0.1, 0.15) is 17.8 Å². The van der Waals surface area contributed by atoms with Crippen LogP contribution in [0.3, 0.4) is 0 Å². The highest BCUT2D eigenvalue weighted by Crippen LogP contribution is 2.23. The molecule has 30 heavy (non-hydrogen) atoms. The Morgan fingerprint density at radius 2 is 1.77 bits per heavy atom. The number of fused-ring (bicyclic) bond motifs is 1. The number of esters is 1. The molecule has 0 saturated carbocycles. The van der Waals surface area contributed by atoms with Crippen molar-refractivity contribution in [1.29, 1.82) is 0 Å². The minimum absolute atomic E-state index is 0.169. The lowest BCUT2D eigenvalue weighted by Gasteiger charge is -2.10. The number of nitrogens with zero attached hydrogens (tertiary/aromatic N) is 3. The van der Waals surface area contributed by atoms with E-state index in [4.69, 9.17) is 4.74 Å². The minimum atomic E-state index is -4.82. The van der Waals surface area contributed by atoms with E-state index in [2.05, 4.69) is 20.4 Å². The van der Waals surface area contributed by atoms with Crippen molar-refractivity contribution in [3.8, 4) is 5.75 Å². The largest absolute Gasteiger partial charge is 0.573 e. The molecule has 0 bridgehead atoms. The highest BCUT2D eigenvalue weighted by Gasteiger charge is 2.30. The fourth-order valence-corrected chi connectivity index (χ4v) is 2.38. The van der Waals surface area contributed by atoms with Gasteiger partial charge in [0.15, 0.2) is 6.61 Å². The lowest BCUT2D eigenvalue weighted by atomic mass is 10.2. The molecule has 0 unspecified atom stereocenters. The Morgan fingerprint density at radius 1 is 1.07 bits per heavy atom. The second kappa shape index (κ2) is 8.59. The molecule has 1 N–H and O–H groups in total. The summed E-state index contributed by atoms with van der Waals surface area (Å²) in [4.78, 5) is 36.0. The second-order valence-corrected chi connectivity index (χ2v) is 5.85. The predicted molar refractivity (Wildman–Crippen MR) is 96.5 cm³/mol. The third-order valence-corrected chi connectivity index (χ3v) is 3.64. The molecule has 0 radical (unpaired) electrons. The number of rotatable bonds is 6. The summed E-state index contributed by atoms with van der Waals surface area (Å²) >= 11 is 0. The number of carbonyl (C=O) groups is 2. The monoisotopic (exact) mass is 422 g/mol. The van der Waals surface area contributed by atoms with Crippen molar-refractivity contribution in [3.63, 3.8) is 0 Å². The van der Waals surface area contributed by atoms with Crippen molar-refractivity contribution in [3.05, 3.63) is 58.9 Å². The van der Waals surface area contributed by atoms with Gasteiger partial charge in [-0.2, -0.15) is 4.68 Å². The minimum Gasteiger partial charge on any atom is -0.454 e. The van der Waals surface area contributed by atoms with Gasteiger partial charge in [-0.05, 0) is 36.4 Å². The Kier molecular flexibility index (Phi) is 5.95. The summed E-state index contributed by atoms with van der Waals surface area (Å²) < 4.78 is 45.7. The first-order valence-corrected chi connectivity index (χ1v) is 8.35. The standard InChI is InChI=1S/C18H13F3N4O5/c19-18(20,21)30-12-7-5-11(6-8-12)22-15(26)10-29-16(27)9-25-17(28)13-3-1-2-4-14(13)23-24-25/h1-8H,9-10H2,(H,22,26). The Hall–Kier alpha value is -3.96. The topological polar surface area (TPSA) is 112 Å². The van der Waals surface area contributed by atoms with Crippen LogP contribution in [0.15, 0.2) is 53.3 Å². The van der Waals surface area contributed by atoms with E-state index >= 15 is 0 Å². The van der Waals surface area contributed by atoms with E-state index < -0.39 is 42.7 Å². The van der Waals surface area contributed by atoms with Crippen molar-refractivity contribution in [2.75, 3.05) is 11.9 Å². The van der Waals surface area contributed by atoms with E-state index in [-0.39, 0.29) is 11.1 Å². The van der Waals surface area contributed by atoms with Crippen molar-refractivity contribution < 1.29 is 32.2 Å². The van der Waals surface area contributed by atoms with Crippen LogP contribution in [-0.2, 0) is 20.9 Å². The zero-order chi connectivity index (χ0) is 21.7. The third kappa shape index (κ3) is 5.53. The molecule has 9 nitrogen and oxygen atoms in total. The fourth-order valence-electron chi connectivity index (χ4n) is 2.38. The van der Waals surface area contributed by atoms with Crippen LogP contribution in [0.1, 0.15) is 0 Å². The highest BCUT2D eigenvalue weighted by molar-refractivity contribution is 5.92. The fraction of sp³-hybridized carbons (Fsp3) is 0.167. The third-order valence-electron chi connectivity index (χ3n) is 3.64. The number of halogens is 3. The number of hydrogen-bond donors (Lipinski definition) is 1. The van der Waals surface area contributed by atoms with Crippen LogP contribution < -0.4 is 15.6 Å². The maximum absolute atomic E-state index is 12.3. The molecule has 3 aromatic rings. The van der Waals surface area contributed by atoms with E-state index in [1.54, 1.807) is 18.2 Å². The van der Waals surface area contributed by atoms with E-state index in [1.165, 1.54) is 18.2 Å². The molecule has 0 spiro atoms. The van der Waals surface area contributed by atoms with Crippen LogP contribution in [0.2, 0.25) is 0 Å². The molecule has 1 amide bonds. The van der Waals surface area contributed by atoms with Gasteiger partial charge in [0.25, 0.3) is 11.5 Å². The van der Waals surface area contributed by atoms with Crippen LogP contribution in [0, 0.1) is 0 Å². The van der Waals surface area contributed by atoms with Gasteiger partial charge in [-0.3, -0.25) is 14.4 Å². The maximum Gasteiger partial charge on any atom is 0.573 e. The molecule has 3 rings (SSSR count). The van der Waals surface area contributed by atoms with Crippen LogP contribution in [0.5, 0.6) is 5.75 Å². The first kappa shape index (κ1) is 20.8. The van der Waals surface area contributed by atoms with Gasteiger partial charge < -0.3 is 14.8 Å². The molecule has 1 heterocycles. The normalized spacial score (nSPS) is 11.2. The number of carbonyl (C=O) groups excluding carboxylic acids is 2. The molecular formula is C18H13F3N4O5. The number of aromatic nitrogens is 3. The van der Waals surface area contributed by atoms with Gasteiger partial charge in [0.2, 0.25) is 0 Å². The van der Waals surface area contributed by atoms with Gasteiger partial charge in [0.05, 0.1) is 5.39 Å². The first-order chi connectivity index (χ1) is 14.2. The van der Waals surface area contributed by atoms with Crippen molar-refractivity contribution in [2.45, 2.75) is 12.9 Å². The van der Waals surface area contributed by atoms with E-state index in [0.717, 1.165) is 16.8 Å². The SMILES string of the molecule is O=C(COC(=O)Cn1nnc2ccccc2c1=O)Nc1ccc(OC(F)(F)F)cc1. The molecule has 1 aromatic heterocycles. The second-order valence-electron chi connectivity index (χ2n) is 5.85. The first-order valence-electron chi connectivity index (χ1n) is 8.35. The van der Waals surface area contributed by atoms with Crippen LogP contribution in [-0.4, -0.2) is 39.8 Å². The molecule has 0 aliphatic carbocycles.